The molecule has 2 aliphatic rings. The molecule has 1 saturated heterocycles. The van der Waals surface area contributed by atoms with Crippen LogP contribution in [0.1, 0.15) is 54.4 Å². The number of aryl methyl sites for hydroxylation is 1. The molecule has 2 atom stereocenters. The zero-order chi connectivity index (χ0) is 26.7. The molecule has 1 saturated carbocycles. The van der Waals surface area contributed by atoms with Gasteiger partial charge in [0.15, 0.2) is 0 Å². The Bertz CT molecular complexity index is 1430. The largest absolute Gasteiger partial charge is 0.351 e. The van der Waals surface area contributed by atoms with Crippen molar-refractivity contribution in [2.75, 3.05) is 13.1 Å². The first-order valence-electron chi connectivity index (χ1n) is 13.5. The van der Waals surface area contributed by atoms with E-state index in [9.17, 15) is 18.0 Å². The maximum absolute atomic E-state index is 13.3. The predicted octanol–water partition coefficient (Wildman–Crippen LogP) is 4.41. The Kier molecular flexibility index (Phi) is 7.81. The Morgan fingerprint density at radius 1 is 0.789 bits per heavy atom. The molecule has 0 bridgehead atoms. The minimum Gasteiger partial charge on any atom is -0.351 e. The summed E-state index contributed by atoms with van der Waals surface area (Å²) >= 11 is 0. The highest BCUT2D eigenvalue weighted by molar-refractivity contribution is 7.89. The molecule has 200 valence electrons. The van der Waals surface area contributed by atoms with E-state index in [0.717, 1.165) is 42.0 Å². The predicted molar refractivity (Wildman–Crippen MR) is 148 cm³/mol. The lowest BCUT2D eigenvalue weighted by Crippen LogP contribution is -2.55. The average molecular weight is 534 g/mol. The second kappa shape index (κ2) is 11.3. The quantitative estimate of drug-likeness (QED) is 0.491. The van der Waals surface area contributed by atoms with E-state index in [1.165, 1.54) is 4.31 Å². The lowest BCUT2D eigenvalue weighted by molar-refractivity contribution is -0.127. The van der Waals surface area contributed by atoms with Gasteiger partial charge in [-0.15, -0.1) is 0 Å². The van der Waals surface area contributed by atoms with E-state index < -0.39 is 10.0 Å². The van der Waals surface area contributed by atoms with E-state index in [4.69, 9.17) is 0 Å². The Hall–Kier alpha value is -3.23. The standard InChI is InChI=1S/C30H35N3O4S/c1-21-8-2-5-11-26(21)30(35)32-28-13-7-6-12-27(28)31-29(34)23-16-18-33(19-17-23)38(36,37)25-15-14-22-9-3-4-10-24(22)20-25/h2-5,8-11,14-15,20,23,27-28H,6-7,12-13,16-19H2,1H3,(H,31,34)(H,32,35)/t27?,28-/m1/s1. The van der Waals surface area contributed by atoms with Crippen LogP contribution in [-0.2, 0) is 14.8 Å². The van der Waals surface area contributed by atoms with Crippen LogP contribution in [0.2, 0.25) is 0 Å². The summed E-state index contributed by atoms with van der Waals surface area (Å²) in [6.07, 6.45) is 4.61. The smallest absolute Gasteiger partial charge is 0.251 e. The molecule has 1 aliphatic carbocycles. The maximum atomic E-state index is 13.3. The lowest BCUT2D eigenvalue weighted by Gasteiger charge is -2.35. The van der Waals surface area contributed by atoms with Gasteiger partial charge in [0.2, 0.25) is 15.9 Å². The van der Waals surface area contributed by atoms with Gasteiger partial charge < -0.3 is 10.6 Å². The van der Waals surface area contributed by atoms with Crippen LogP contribution in [0.4, 0.5) is 0 Å². The third-order valence-electron chi connectivity index (χ3n) is 7.98. The molecule has 1 heterocycles. The molecule has 1 aliphatic heterocycles. The van der Waals surface area contributed by atoms with E-state index >= 15 is 0 Å². The van der Waals surface area contributed by atoms with Crippen LogP contribution in [0.5, 0.6) is 0 Å². The van der Waals surface area contributed by atoms with Gasteiger partial charge in [0.1, 0.15) is 0 Å². The molecule has 2 fully saturated rings. The molecule has 1 unspecified atom stereocenters. The Balaban J connectivity index is 1.19. The van der Waals surface area contributed by atoms with E-state index in [0.29, 0.717) is 31.5 Å². The van der Waals surface area contributed by atoms with Crippen LogP contribution in [0, 0.1) is 12.8 Å². The van der Waals surface area contributed by atoms with Crippen LogP contribution < -0.4 is 10.6 Å². The monoisotopic (exact) mass is 533 g/mol. The molecular weight excluding hydrogens is 498 g/mol. The molecule has 7 nitrogen and oxygen atoms in total. The van der Waals surface area contributed by atoms with Crippen molar-refractivity contribution in [1.82, 2.24) is 14.9 Å². The van der Waals surface area contributed by atoms with Crippen molar-refractivity contribution in [3.63, 3.8) is 0 Å². The summed E-state index contributed by atoms with van der Waals surface area (Å²) in [5, 5.41) is 8.23. The summed E-state index contributed by atoms with van der Waals surface area (Å²) < 4.78 is 28.1. The molecule has 5 rings (SSSR count). The molecule has 8 heteroatoms. The minimum atomic E-state index is -3.63. The average Bonchev–Trinajstić information content (AvgIpc) is 2.94. The zero-order valence-electron chi connectivity index (χ0n) is 21.7. The number of carbonyl (C=O) groups excluding carboxylic acids is 2. The van der Waals surface area contributed by atoms with Crippen molar-refractivity contribution in [3.8, 4) is 0 Å². The molecule has 0 radical (unpaired) electrons. The van der Waals surface area contributed by atoms with Gasteiger partial charge in [-0.25, -0.2) is 8.42 Å². The third-order valence-corrected chi connectivity index (χ3v) is 9.88. The van der Waals surface area contributed by atoms with E-state index in [2.05, 4.69) is 10.6 Å². The first-order chi connectivity index (χ1) is 18.3. The van der Waals surface area contributed by atoms with Crippen LogP contribution >= 0.6 is 0 Å². The van der Waals surface area contributed by atoms with Crippen molar-refractivity contribution in [3.05, 3.63) is 77.9 Å². The number of benzene rings is 3. The second-order valence-electron chi connectivity index (χ2n) is 10.5. The zero-order valence-corrected chi connectivity index (χ0v) is 22.5. The molecular formula is C30H35N3O4S. The summed E-state index contributed by atoms with van der Waals surface area (Å²) in [6, 6.07) is 20.2. The third kappa shape index (κ3) is 5.61. The highest BCUT2D eigenvalue weighted by Crippen LogP contribution is 2.27. The molecule has 3 aromatic rings. The van der Waals surface area contributed by atoms with Crippen LogP contribution in [-0.4, -0.2) is 49.7 Å². The topological polar surface area (TPSA) is 95.6 Å². The highest BCUT2D eigenvalue weighted by Gasteiger charge is 2.35. The first-order valence-corrected chi connectivity index (χ1v) is 14.9. The van der Waals surface area contributed by atoms with E-state index in [1.54, 1.807) is 12.1 Å². The number of sulfonamides is 1. The number of amides is 2. The number of fused-ring (bicyclic) bond motifs is 1. The fourth-order valence-electron chi connectivity index (χ4n) is 5.69. The number of carbonyl (C=O) groups is 2. The number of piperidine rings is 1. The molecule has 3 aromatic carbocycles. The summed E-state index contributed by atoms with van der Waals surface area (Å²) in [5.41, 5.74) is 1.58. The van der Waals surface area contributed by atoms with Gasteiger partial charge in [-0.3, -0.25) is 9.59 Å². The van der Waals surface area contributed by atoms with Crippen LogP contribution in [0.3, 0.4) is 0 Å². The summed E-state index contributed by atoms with van der Waals surface area (Å²) in [5.74, 6) is -0.399. The Labute approximate surface area is 224 Å². The van der Waals surface area contributed by atoms with Crippen molar-refractivity contribution in [1.29, 1.82) is 0 Å². The molecule has 38 heavy (non-hydrogen) atoms. The first kappa shape index (κ1) is 26.4. The van der Waals surface area contributed by atoms with Crippen molar-refractivity contribution in [2.45, 2.75) is 62.4 Å². The summed E-state index contributed by atoms with van der Waals surface area (Å²) in [7, 11) is -3.63. The van der Waals surface area contributed by atoms with Crippen molar-refractivity contribution < 1.29 is 18.0 Å². The van der Waals surface area contributed by atoms with Gasteiger partial charge in [-0.2, -0.15) is 4.31 Å². The molecule has 0 aromatic heterocycles. The normalized spacial score (nSPS) is 21.2. The minimum absolute atomic E-state index is 0.0465. The number of hydrogen-bond acceptors (Lipinski definition) is 4. The number of rotatable bonds is 6. The van der Waals surface area contributed by atoms with E-state index in [1.807, 2.05) is 61.5 Å². The van der Waals surface area contributed by atoms with E-state index in [-0.39, 0.29) is 34.7 Å². The maximum Gasteiger partial charge on any atom is 0.251 e. The fraction of sp³-hybridized carbons (Fsp3) is 0.400. The Morgan fingerprint density at radius 3 is 2.13 bits per heavy atom. The van der Waals surface area contributed by atoms with Gasteiger partial charge in [0.05, 0.1) is 4.90 Å². The van der Waals surface area contributed by atoms with Gasteiger partial charge in [0.25, 0.3) is 5.91 Å². The highest BCUT2D eigenvalue weighted by atomic mass is 32.2. The Morgan fingerprint density at radius 2 is 1.42 bits per heavy atom. The number of nitrogens with one attached hydrogen (secondary N) is 2. The van der Waals surface area contributed by atoms with Crippen LogP contribution in [0.25, 0.3) is 10.8 Å². The second-order valence-corrected chi connectivity index (χ2v) is 12.4. The van der Waals surface area contributed by atoms with Gasteiger partial charge in [-0.1, -0.05) is 61.4 Å². The van der Waals surface area contributed by atoms with Crippen LogP contribution in [0.15, 0.2) is 71.6 Å². The van der Waals surface area contributed by atoms with Crippen molar-refractivity contribution >= 4 is 32.6 Å². The van der Waals surface area contributed by atoms with Gasteiger partial charge in [0, 0.05) is 36.7 Å². The number of nitrogens with zero attached hydrogens (tertiary/aromatic N) is 1. The summed E-state index contributed by atoms with van der Waals surface area (Å²) in [6.45, 7) is 2.54. The van der Waals surface area contributed by atoms with Gasteiger partial charge in [-0.05, 0) is 67.1 Å². The molecule has 0 spiro atoms. The van der Waals surface area contributed by atoms with Crippen molar-refractivity contribution in [2.24, 2.45) is 5.92 Å². The van der Waals surface area contributed by atoms with Gasteiger partial charge >= 0.3 is 0 Å². The lowest BCUT2D eigenvalue weighted by atomic mass is 9.88. The SMILES string of the molecule is Cc1ccccc1C(=O)N[C@@H]1CCCCC1NC(=O)C1CCN(S(=O)(=O)c2ccc3ccccc3c2)CC1. The number of hydrogen-bond donors (Lipinski definition) is 2. The molecule has 2 amide bonds. The molecule has 2 N–H and O–H groups in total. The fourth-order valence-corrected chi connectivity index (χ4v) is 7.19. The summed E-state index contributed by atoms with van der Waals surface area (Å²) in [4.78, 5) is 26.4.